The van der Waals surface area contributed by atoms with Crippen LogP contribution in [0.15, 0.2) is 18.2 Å². The summed E-state index contributed by atoms with van der Waals surface area (Å²) in [4.78, 5) is 9.30. The summed E-state index contributed by atoms with van der Waals surface area (Å²) in [6, 6.07) is 2.53. The number of nitrogens with zero attached hydrogens (tertiary/aromatic N) is 1. The number of halogens is 2. The Balaban J connectivity index is 3.07. The van der Waals surface area contributed by atoms with Crippen molar-refractivity contribution in [2.24, 2.45) is 0 Å². The molecule has 0 spiro atoms. The molecule has 0 aromatic heterocycles. The fourth-order valence-electron chi connectivity index (χ4n) is 0.859. The lowest BCUT2D eigenvalue weighted by atomic mass is 10.3. The molecule has 0 saturated heterocycles. The Morgan fingerprint density at radius 2 is 2.07 bits per heavy atom. The maximum atomic E-state index is 13.0. The van der Waals surface area contributed by atoms with Gasteiger partial charge in [0.15, 0.2) is 0 Å². The van der Waals surface area contributed by atoms with Crippen LogP contribution in [-0.2, 0) is 9.24 Å². The molecule has 1 N–H and O–H groups in total. The molecule has 0 bridgehead atoms. The monoisotopic (exact) mass is 254 g/mol. The van der Waals surface area contributed by atoms with Gasteiger partial charge < -0.3 is 0 Å². The van der Waals surface area contributed by atoms with E-state index in [1.165, 1.54) is 0 Å². The van der Waals surface area contributed by atoms with Gasteiger partial charge in [-0.2, -0.15) is 12.8 Å². The average molecular weight is 255 g/mol. The molecule has 0 radical (unpaired) electrons. The lowest BCUT2D eigenvalue weighted by Crippen LogP contribution is -2.04. The van der Waals surface area contributed by atoms with Gasteiger partial charge in [-0.15, -0.1) is 0 Å². The van der Waals surface area contributed by atoms with Gasteiger partial charge >= 0.3 is 14.9 Å². The molecule has 6 nitrogen and oxygen atoms in total. The van der Waals surface area contributed by atoms with Gasteiger partial charge in [-0.05, 0) is 6.07 Å². The number of nitro groups is 1. The first-order valence-electron chi connectivity index (χ1n) is 3.46. The van der Waals surface area contributed by atoms with Crippen molar-refractivity contribution in [2.45, 2.75) is 0 Å². The lowest BCUT2D eigenvalue weighted by molar-refractivity contribution is -0.387. The lowest BCUT2D eigenvalue weighted by Gasteiger charge is -2.01. The third-order valence-corrected chi connectivity index (χ3v) is 2.10. The normalized spacial score (nSPS) is 11.1. The highest BCUT2D eigenvalue weighted by atomic mass is 35.7. The van der Waals surface area contributed by atoms with Crippen LogP contribution in [0.25, 0.3) is 0 Å². The second-order valence-electron chi connectivity index (χ2n) is 2.46. The predicted molar refractivity (Wildman–Crippen MR) is 51.4 cm³/mol. The topological polar surface area (TPSA) is 89.3 Å². The number of nitrogens with one attached hydrogen (secondary N) is 1. The van der Waals surface area contributed by atoms with Gasteiger partial charge in [-0.25, -0.2) is 0 Å². The van der Waals surface area contributed by atoms with Crippen LogP contribution in [0.2, 0.25) is 0 Å². The molecule has 1 aromatic carbocycles. The number of benzene rings is 1. The molecule has 0 unspecified atom stereocenters. The van der Waals surface area contributed by atoms with Crippen LogP contribution >= 0.6 is 10.7 Å². The molecule has 0 aliphatic carbocycles. The Morgan fingerprint density at radius 3 is 2.47 bits per heavy atom. The molecule has 0 heterocycles. The Bertz CT molecular complexity index is 504. The largest absolute Gasteiger partial charge is 0.319 e. The van der Waals surface area contributed by atoms with Crippen LogP contribution in [0, 0.1) is 15.9 Å². The fraction of sp³-hybridized carbons (Fsp3) is 0. The van der Waals surface area contributed by atoms with E-state index in [-0.39, 0.29) is 5.69 Å². The highest BCUT2D eigenvalue weighted by Crippen LogP contribution is 2.21. The van der Waals surface area contributed by atoms with Crippen LogP contribution < -0.4 is 4.72 Å². The summed E-state index contributed by atoms with van der Waals surface area (Å²) in [7, 11) is 0.786. The van der Waals surface area contributed by atoms with Crippen molar-refractivity contribution in [2.75, 3.05) is 4.72 Å². The maximum absolute atomic E-state index is 13.0. The molecule has 1 rings (SSSR count). The highest BCUT2D eigenvalue weighted by molar-refractivity contribution is 8.14. The molecule has 0 aliphatic heterocycles. The van der Waals surface area contributed by atoms with Crippen molar-refractivity contribution in [3.63, 3.8) is 0 Å². The van der Waals surface area contributed by atoms with E-state index < -0.39 is 25.7 Å². The summed E-state index contributed by atoms with van der Waals surface area (Å²) in [5.74, 6) is -1.15. The molecule has 0 fully saturated rings. The van der Waals surface area contributed by atoms with Gasteiger partial charge in [0.2, 0.25) is 5.82 Å². The quantitative estimate of drug-likeness (QED) is 0.504. The van der Waals surface area contributed by atoms with Crippen LogP contribution in [0.5, 0.6) is 0 Å². The number of hydrogen-bond acceptors (Lipinski definition) is 4. The van der Waals surface area contributed by atoms with Gasteiger partial charge in [0.05, 0.1) is 10.6 Å². The van der Waals surface area contributed by atoms with Crippen molar-refractivity contribution in [3.8, 4) is 0 Å². The smallest absolute Gasteiger partial charge is 0.271 e. The number of anilines is 1. The van der Waals surface area contributed by atoms with Crippen LogP contribution in [0.1, 0.15) is 0 Å². The predicted octanol–water partition coefficient (Wildman–Crippen LogP) is 1.63. The van der Waals surface area contributed by atoms with Crippen molar-refractivity contribution in [1.29, 1.82) is 0 Å². The minimum Gasteiger partial charge on any atom is -0.271 e. The maximum Gasteiger partial charge on any atom is 0.319 e. The Morgan fingerprint density at radius 1 is 1.47 bits per heavy atom. The van der Waals surface area contributed by atoms with E-state index in [9.17, 15) is 22.9 Å². The Kier molecular flexibility index (Phi) is 3.10. The number of rotatable bonds is 3. The second-order valence-corrected chi connectivity index (χ2v) is 4.76. The minimum atomic E-state index is -4.04. The van der Waals surface area contributed by atoms with E-state index in [0.29, 0.717) is 6.07 Å². The molecular formula is C6H4ClFN2O4S. The molecule has 0 saturated carbocycles. The summed E-state index contributed by atoms with van der Waals surface area (Å²) in [5, 5.41) is 10.2. The molecule has 0 atom stereocenters. The average Bonchev–Trinajstić information content (AvgIpc) is 1.99. The highest BCUT2D eigenvalue weighted by Gasteiger charge is 2.15. The Hall–Kier alpha value is -1.41. The van der Waals surface area contributed by atoms with Gasteiger partial charge in [0.1, 0.15) is 0 Å². The second kappa shape index (κ2) is 3.99. The third kappa shape index (κ3) is 3.33. The Labute approximate surface area is 88.4 Å². The van der Waals surface area contributed by atoms with Crippen molar-refractivity contribution in [1.82, 2.24) is 0 Å². The van der Waals surface area contributed by atoms with Crippen LogP contribution in [0.3, 0.4) is 0 Å². The van der Waals surface area contributed by atoms with E-state index >= 15 is 0 Å². The summed E-state index contributed by atoms with van der Waals surface area (Å²) < 4.78 is 35.8. The van der Waals surface area contributed by atoms with E-state index in [1.54, 1.807) is 4.72 Å². The van der Waals surface area contributed by atoms with E-state index in [4.69, 9.17) is 10.7 Å². The summed E-state index contributed by atoms with van der Waals surface area (Å²) in [6.07, 6.45) is 0. The zero-order valence-corrected chi connectivity index (χ0v) is 8.55. The molecule has 9 heteroatoms. The molecule has 82 valence electrons. The van der Waals surface area contributed by atoms with Crippen molar-refractivity contribution < 1.29 is 17.7 Å². The zero-order valence-electron chi connectivity index (χ0n) is 6.98. The summed E-state index contributed by atoms with van der Waals surface area (Å²) >= 11 is 0. The van der Waals surface area contributed by atoms with Crippen molar-refractivity contribution in [3.05, 3.63) is 34.1 Å². The number of hydrogen-bond donors (Lipinski definition) is 1. The van der Waals surface area contributed by atoms with Gasteiger partial charge in [0.25, 0.3) is 0 Å². The van der Waals surface area contributed by atoms with Gasteiger partial charge in [-0.1, -0.05) is 0 Å². The molecule has 1 aromatic rings. The first kappa shape index (κ1) is 11.7. The zero-order chi connectivity index (χ0) is 11.6. The van der Waals surface area contributed by atoms with Crippen LogP contribution in [-0.4, -0.2) is 13.3 Å². The van der Waals surface area contributed by atoms with E-state index in [2.05, 4.69) is 0 Å². The van der Waals surface area contributed by atoms with Gasteiger partial charge in [0, 0.05) is 22.8 Å². The van der Waals surface area contributed by atoms with Crippen LogP contribution in [0.4, 0.5) is 15.8 Å². The van der Waals surface area contributed by atoms with E-state index in [0.717, 1.165) is 12.1 Å². The molecule has 15 heavy (non-hydrogen) atoms. The number of nitro benzene ring substituents is 1. The fourth-order valence-corrected chi connectivity index (χ4v) is 1.53. The van der Waals surface area contributed by atoms with Crippen molar-refractivity contribution >= 4 is 31.3 Å². The third-order valence-electron chi connectivity index (χ3n) is 1.38. The molecule has 0 amide bonds. The van der Waals surface area contributed by atoms with Gasteiger partial charge in [-0.3, -0.25) is 14.8 Å². The molecular weight excluding hydrogens is 251 g/mol. The first-order chi connectivity index (χ1) is 6.79. The molecule has 0 aliphatic rings. The SMILES string of the molecule is O=[N+]([O-])c1ccc(NS(=O)(=O)Cl)cc1F. The standard InChI is InChI=1S/C6H4ClFN2O4S/c7-15(13,14)9-4-1-2-6(10(11)12)5(8)3-4/h1-3,9H. The summed E-state index contributed by atoms with van der Waals surface area (Å²) in [6.45, 7) is 0. The minimum absolute atomic E-state index is 0.187. The van der Waals surface area contributed by atoms with E-state index in [1.807, 2.05) is 0 Å². The first-order valence-corrected chi connectivity index (χ1v) is 5.77. The summed E-state index contributed by atoms with van der Waals surface area (Å²) in [5.41, 5.74) is -0.930.